The van der Waals surface area contributed by atoms with Gasteiger partial charge in [-0.05, 0) is 56.0 Å². The number of fused-ring (bicyclic) bond motifs is 1. The highest BCUT2D eigenvalue weighted by Crippen LogP contribution is 2.31. The minimum absolute atomic E-state index is 0.165. The number of anilines is 3. The lowest BCUT2D eigenvalue weighted by atomic mass is 9.85. The second kappa shape index (κ2) is 8.56. The zero-order valence-corrected chi connectivity index (χ0v) is 17.1. The molecule has 0 spiro atoms. The van der Waals surface area contributed by atoms with E-state index in [-0.39, 0.29) is 22.8 Å². The average Bonchev–Trinajstić information content (AvgIpc) is 2.74. The highest BCUT2D eigenvalue weighted by Gasteiger charge is 2.30. The molecular weight excluding hydrogens is 407 g/mol. The van der Waals surface area contributed by atoms with Crippen molar-refractivity contribution in [3.63, 3.8) is 0 Å². The Labute approximate surface area is 177 Å². The van der Waals surface area contributed by atoms with Crippen LogP contribution in [0, 0.1) is 5.92 Å². The second-order valence-electron chi connectivity index (χ2n) is 7.99. The highest BCUT2D eigenvalue weighted by molar-refractivity contribution is 5.90. The number of alkyl halides is 3. The van der Waals surface area contributed by atoms with Crippen molar-refractivity contribution in [2.75, 3.05) is 10.6 Å². The van der Waals surface area contributed by atoms with Crippen LogP contribution in [0.3, 0.4) is 0 Å². The fourth-order valence-corrected chi connectivity index (χ4v) is 4.08. The van der Waals surface area contributed by atoms with Crippen molar-refractivity contribution < 1.29 is 13.2 Å². The second-order valence-corrected chi connectivity index (χ2v) is 7.99. The molecule has 2 aromatic heterocycles. The SMILES string of the molecule is C[C@H](Nc1nc(Nc2ccc(C(F)(F)F)cc2)c2c(=O)[nH]ccc2n1)C1CCCCC1. The molecule has 0 radical (unpaired) electrons. The number of rotatable bonds is 5. The van der Waals surface area contributed by atoms with Gasteiger partial charge in [-0.25, -0.2) is 4.98 Å². The Hall–Kier alpha value is -3.10. The van der Waals surface area contributed by atoms with Crippen molar-refractivity contribution in [1.82, 2.24) is 15.0 Å². The van der Waals surface area contributed by atoms with Crippen LogP contribution in [0.1, 0.15) is 44.6 Å². The normalized spacial score (nSPS) is 16.3. The number of aromatic nitrogens is 3. The molecule has 1 aliphatic rings. The molecule has 4 rings (SSSR count). The Kier molecular flexibility index (Phi) is 5.84. The number of H-pyrrole nitrogens is 1. The number of nitrogens with one attached hydrogen (secondary N) is 3. The van der Waals surface area contributed by atoms with E-state index in [4.69, 9.17) is 0 Å². The molecule has 1 aliphatic carbocycles. The number of pyridine rings is 1. The molecule has 2 heterocycles. The van der Waals surface area contributed by atoms with Crippen LogP contribution in [0.15, 0.2) is 41.3 Å². The molecule has 0 saturated heterocycles. The maximum Gasteiger partial charge on any atom is 0.416 e. The van der Waals surface area contributed by atoms with Crippen LogP contribution in [0.4, 0.5) is 30.6 Å². The number of nitrogens with zero attached hydrogens (tertiary/aromatic N) is 2. The minimum atomic E-state index is -4.41. The topological polar surface area (TPSA) is 82.7 Å². The van der Waals surface area contributed by atoms with E-state index in [1.165, 1.54) is 37.6 Å². The molecule has 1 aromatic carbocycles. The van der Waals surface area contributed by atoms with E-state index in [9.17, 15) is 18.0 Å². The van der Waals surface area contributed by atoms with E-state index in [1.54, 1.807) is 6.07 Å². The van der Waals surface area contributed by atoms with Gasteiger partial charge in [0, 0.05) is 17.9 Å². The molecule has 9 heteroatoms. The third kappa shape index (κ3) is 4.81. The molecular formula is C22H24F3N5O. The van der Waals surface area contributed by atoms with Gasteiger partial charge in [0.15, 0.2) is 0 Å². The molecule has 0 bridgehead atoms. The molecule has 31 heavy (non-hydrogen) atoms. The molecule has 1 fully saturated rings. The maximum absolute atomic E-state index is 12.8. The Morgan fingerprint density at radius 2 is 1.77 bits per heavy atom. The van der Waals surface area contributed by atoms with Crippen molar-refractivity contribution in [1.29, 1.82) is 0 Å². The number of benzene rings is 1. The summed E-state index contributed by atoms with van der Waals surface area (Å²) >= 11 is 0. The summed E-state index contributed by atoms with van der Waals surface area (Å²) in [4.78, 5) is 24.0. The summed E-state index contributed by atoms with van der Waals surface area (Å²) in [5.74, 6) is 1.15. The van der Waals surface area contributed by atoms with E-state index in [1.807, 2.05) is 0 Å². The Morgan fingerprint density at radius 1 is 1.06 bits per heavy atom. The van der Waals surface area contributed by atoms with Crippen molar-refractivity contribution in [2.24, 2.45) is 5.92 Å². The van der Waals surface area contributed by atoms with Crippen LogP contribution < -0.4 is 16.2 Å². The summed E-state index contributed by atoms with van der Waals surface area (Å²) in [6.07, 6.45) is 3.09. The lowest BCUT2D eigenvalue weighted by Crippen LogP contribution is -2.28. The van der Waals surface area contributed by atoms with Crippen molar-refractivity contribution in [3.05, 3.63) is 52.4 Å². The monoisotopic (exact) mass is 431 g/mol. The van der Waals surface area contributed by atoms with Gasteiger partial charge in [0.25, 0.3) is 5.56 Å². The van der Waals surface area contributed by atoms with Gasteiger partial charge in [0.05, 0.1) is 11.1 Å². The lowest BCUT2D eigenvalue weighted by Gasteiger charge is -2.28. The van der Waals surface area contributed by atoms with Crippen LogP contribution in [-0.4, -0.2) is 21.0 Å². The van der Waals surface area contributed by atoms with E-state index in [2.05, 4.69) is 32.5 Å². The van der Waals surface area contributed by atoms with E-state index >= 15 is 0 Å². The summed E-state index contributed by atoms with van der Waals surface area (Å²) < 4.78 is 38.5. The first kappa shape index (κ1) is 21.1. The number of hydrogen-bond acceptors (Lipinski definition) is 5. The van der Waals surface area contributed by atoms with Crippen LogP contribution >= 0.6 is 0 Å². The zero-order chi connectivity index (χ0) is 22.0. The Bertz CT molecular complexity index is 1100. The standard InChI is InChI=1S/C22H24F3N5O/c1-13(14-5-3-2-4-6-14)27-21-29-17-11-12-26-20(31)18(17)19(30-21)28-16-9-7-15(8-10-16)22(23,24)25/h7-14H,2-6H2,1H3,(H,26,31)(H2,27,28,29,30)/t13-/m0/s1. The summed E-state index contributed by atoms with van der Waals surface area (Å²) in [7, 11) is 0. The third-order valence-corrected chi connectivity index (χ3v) is 5.81. The van der Waals surface area contributed by atoms with Crippen molar-refractivity contribution in [3.8, 4) is 0 Å². The molecule has 164 valence electrons. The van der Waals surface area contributed by atoms with E-state index in [0.717, 1.165) is 25.0 Å². The fourth-order valence-electron chi connectivity index (χ4n) is 4.08. The molecule has 6 nitrogen and oxygen atoms in total. The third-order valence-electron chi connectivity index (χ3n) is 5.81. The molecule has 0 unspecified atom stereocenters. The predicted octanol–water partition coefficient (Wildman–Crippen LogP) is 5.46. The molecule has 3 N–H and O–H groups in total. The summed E-state index contributed by atoms with van der Waals surface area (Å²) in [5, 5.41) is 6.58. The van der Waals surface area contributed by atoms with Crippen LogP contribution in [0.25, 0.3) is 10.9 Å². The molecule has 1 atom stereocenters. The van der Waals surface area contributed by atoms with Crippen LogP contribution in [-0.2, 0) is 6.18 Å². The van der Waals surface area contributed by atoms with Gasteiger partial charge in [-0.3, -0.25) is 4.79 Å². The average molecular weight is 431 g/mol. The molecule has 3 aromatic rings. The Morgan fingerprint density at radius 3 is 2.45 bits per heavy atom. The van der Waals surface area contributed by atoms with Crippen molar-refractivity contribution in [2.45, 2.75) is 51.2 Å². The largest absolute Gasteiger partial charge is 0.416 e. The smallest absolute Gasteiger partial charge is 0.351 e. The molecule has 1 saturated carbocycles. The summed E-state index contributed by atoms with van der Waals surface area (Å²) in [6, 6.07) is 6.43. The van der Waals surface area contributed by atoms with Gasteiger partial charge in [-0.1, -0.05) is 19.3 Å². The number of aromatic amines is 1. The van der Waals surface area contributed by atoms with Gasteiger partial charge >= 0.3 is 6.18 Å². The van der Waals surface area contributed by atoms with Gasteiger partial charge in [0.2, 0.25) is 5.95 Å². The first-order chi connectivity index (χ1) is 14.8. The van der Waals surface area contributed by atoms with Gasteiger partial charge < -0.3 is 15.6 Å². The zero-order valence-electron chi connectivity index (χ0n) is 17.1. The lowest BCUT2D eigenvalue weighted by molar-refractivity contribution is -0.137. The van der Waals surface area contributed by atoms with Crippen LogP contribution in [0.5, 0.6) is 0 Å². The number of hydrogen-bond donors (Lipinski definition) is 3. The van der Waals surface area contributed by atoms with Gasteiger partial charge in [-0.2, -0.15) is 18.2 Å². The molecule has 0 amide bonds. The Balaban J connectivity index is 1.65. The quantitative estimate of drug-likeness (QED) is 0.500. The first-order valence-electron chi connectivity index (χ1n) is 10.4. The van der Waals surface area contributed by atoms with E-state index < -0.39 is 11.7 Å². The number of halogens is 3. The predicted molar refractivity (Wildman–Crippen MR) is 115 cm³/mol. The van der Waals surface area contributed by atoms with Crippen molar-refractivity contribution >= 4 is 28.4 Å². The van der Waals surface area contributed by atoms with Gasteiger partial charge in [-0.15, -0.1) is 0 Å². The highest BCUT2D eigenvalue weighted by atomic mass is 19.4. The summed E-state index contributed by atoms with van der Waals surface area (Å²) in [5.41, 5.74) is -0.278. The maximum atomic E-state index is 12.8. The van der Waals surface area contributed by atoms with Gasteiger partial charge in [0.1, 0.15) is 11.2 Å². The van der Waals surface area contributed by atoms with Crippen LogP contribution in [0.2, 0.25) is 0 Å². The fraction of sp³-hybridized carbons (Fsp3) is 0.409. The minimum Gasteiger partial charge on any atom is -0.351 e. The summed E-state index contributed by atoms with van der Waals surface area (Å²) in [6.45, 7) is 2.10. The molecule has 0 aliphatic heterocycles. The van der Waals surface area contributed by atoms with E-state index in [0.29, 0.717) is 23.1 Å². The first-order valence-corrected chi connectivity index (χ1v) is 10.4.